The number of fused-ring (bicyclic) bond motifs is 1. The van der Waals surface area contributed by atoms with Crippen LogP contribution in [0.4, 0.5) is 0 Å². The van der Waals surface area contributed by atoms with Crippen LogP contribution in [0, 0.1) is 11.7 Å². The molecule has 6 heteroatoms. The summed E-state index contributed by atoms with van der Waals surface area (Å²) in [6, 6.07) is 7.68. The van der Waals surface area contributed by atoms with E-state index in [2.05, 4.69) is 20.9 Å². The lowest BCUT2D eigenvalue weighted by Gasteiger charge is -2.10. The van der Waals surface area contributed by atoms with Gasteiger partial charge in [0, 0.05) is 4.47 Å². The third kappa shape index (κ3) is 2.09. The fraction of sp³-hybridized carbons (Fsp3) is 0.0769. The van der Waals surface area contributed by atoms with Gasteiger partial charge in [0.2, 0.25) is 0 Å². The fourth-order valence-electron chi connectivity index (χ4n) is 1.98. The molecule has 0 aliphatic rings. The van der Waals surface area contributed by atoms with Crippen LogP contribution in [-0.2, 0) is 0 Å². The molecule has 0 radical (unpaired) electrons. The highest BCUT2D eigenvalue weighted by atomic mass is 79.9. The predicted octanol–water partition coefficient (Wildman–Crippen LogP) is 4.18. The maximum Gasteiger partial charge on any atom is 0.276 e. The number of benzene rings is 1. The van der Waals surface area contributed by atoms with Gasteiger partial charge >= 0.3 is 0 Å². The van der Waals surface area contributed by atoms with Crippen LogP contribution in [-0.4, -0.2) is 9.55 Å². The maximum absolute atomic E-state index is 12.5. The number of aromatic amines is 1. The quantitative estimate of drug-likeness (QED) is 0.667. The summed E-state index contributed by atoms with van der Waals surface area (Å²) < 4.78 is 3.57. The Labute approximate surface area is 126 Å². The molecule has 0 saturated heterocycles. The van der Waals surface area contributed by atoms with E-state index >= 15 is 0 Å². The molecule has 1 N–H and O–H groups in total. The second kappa shape index (κ2) is 4.70. The Morgan fingerprint density at radius 2 is 2.16 bits per heavy atom. The van der Waals surface area contributed by atoms with E-state index in [0.717, 1.165) is 21.2 Å². The van der Waals surface area contributed by atoms with E-state index in [0.29, 0.717) is 9.47 Å². The summed E-state index contributed by atoms with van der Waals surface area (Å²) in [5.74, 6) is 0. The number of aryl methyl sites for hydroxylation is 1. The van der Waals surface area contributed by atoms with E-state index in [9.17, 15) is 4.79 Å². The summed E-state index contributed by atoms with van der Waals surface area (Å²) in [6.45, 7) is 1.96. The topological polar surface area (TPSA) is 37.8 Å². The molecular weight excluding hydrogens is 344 g/mol. The molecule has 3 rings (SSSR count). The third-order valence-corrected chi connectivity index (χ3v) is 4.60. The molecule has 0 amide bonds. The number of nitrogens with zero attached hydrogens (tertiary/aromatic N) is 1. The summed E-state index contributed by atoms with van der Waals surface area (Å²) in [7, 11) is 0. The number of H-pyrrole nitrogens is 1. The molecule has 0 unspecified atom stereocenters. The minimum atomic E-state index is -0.0741. The Morgan fingerprint density at radius 1 is 1.37 bits per heavy atom. The van der Waals surface area contributed by atoms with Crippen LogP contribution in [0.3, 0.4) is 0 Å². The summed E-state index contributed by atoms with van der Waals surface area (Å²) in [6.07, 6.45) is 0. The molecule has 0 saturated carbocycles. The van der Waals surface area contributed by atoms with Crippen molar-refractivity contribution >= 4 is 49.7 Å². The molecule has 2 heterocycles. The minimum Gasteiger partial charge on any atom is -0.331 e. The maximum atomic E-state index is 12.5. The van der Waals surface area contributed by atoms with Crippen molar-refractivity contribution in [2.45, 2.75) is 6.92 Å². The van der Waals surface area contributed by atoms with E-state index in [1.165, 1.54) is 11.3 Å². The highest BCUT2D eigenvalue weighted by Crippen LogP contribution is 2.21. The normalized spacial score (nSPS) is 11.1. The second-order valence-electron chi connectivity index (χ2n) is 4.16. The van der Waals surface area contributed by atoms with Gasteiger partial charge in [-0.1, -0.05) is 22.0 Å². The Bertz CT molecular complexity index is 892. The first kappa shape index (κ1) is 12.8. The van der Waals surface area contributed by atoms with Crippen molar-refractivity contribution in [1.82, 2.24) is 9.55 Å². The van der Waals surface area contributed by atoms with Crippen molar-refractivity contribution in [1.29, 1.82) is 0 Å². The van der Waals surface area contributed by atoms with Crippen molar-refractivity contribution in [3.63, 3.8) is 0 Å². The number of aromatic nitrogens is 2. The van der Waals surface area contributed by atoms with Gasteiger partial charge in [0.1, 0.15) is 4.70 Å². The largest absolute Gasteiger partial charge is 0.331 e. The smallest absolute Gasteiger partial charge is 0.276 e. The Hall–Kier alpha value is -1.24. The Balaban J connectivity index is 2.46. The highest BCUT2D eigenvalue weighted by Gasteiger charge is 2.10. The van der Waals surface area contributed by atoms with Gasteiger partial charge < -0.3 is 4.98 Å². The SMILES string of the molecule is Cc1ccc(Br)cc1-n1c(=S)[nH]c2ccsc2c1=O. The average Bonchev–Trinajstić information content (AvgIpc) is 2.82. The average molecular weight is 353 g/mol. The lowest BCUT2D eigenvalue weighted by Crippen LogP contribution is -2.20. The van der Waals surface area contributed by atoms with E-state index in [-0.39, 0.29) is 5.56 Å². The van der Waals surface area contributed by atoms with Gasteiger partial charge in [-0.25, -0.2) is 0 Å². The highest BCUT2D eigenvalue weighted by molar-refractivity contribution is 9.10. The fourth-order valence-corrected chi connectivity index (χ4v) is 3.40. The van der Waals surface area contributed by atoms with Gasteiger partial charge in [0.05, 0.1) is 11.2 Å². The number of hydrogen-bond acceptors (Lipinski definition) is 3. The lowest BCUT2D eigenvalue weighted by atomic mass is 10.2. The van der Waals surface area contributed by atoms with Crippen LogP contribution in [0.25, 0.3) is 15.9 Å². The zero-order chi connectivity index (χ0) is 13.6. The standard InChI is InChI=1S/C13H9BrN2OS2/c1-7-2-3-8(14)6-10(7)16-12(17)11-9(4-5-19-11)15-13(16)18/h2-6H,1H3,(H,15,18). The van der Waals surface area contributed by atoms with Crippen LogP contribution in [0.2, 0.25) is 0 Å². The molecule has 0 fully saturated rings. The van der Waals surface area contributed by atoms with E-state index < -0.39 is 0 Å². The van der Waals surface area contributed by atoms with Crippen LogP contribution in [0.15, 0.2) is 38.9 Å². The van der Waals surface area contributed by atoms with Gasteiger partial charge in [-0.3, -0.25) is 9.36 Å². The minimum absolute atomic E-state index is 0.0741. The summed E-state index contributed by atoms with van der Waals surface area (Å²) in [5, 5.41) is 1.88. The van der Waals surface area contributed by atoms with Crippen molar-refractivity contribution < 1.29 is 0 Å². The second-order valence-corrected chi connectivity index (χ2v) is 6.38. The summed E-state index contributed by atoms with van der Waals surface area (Å²) >= 11 is 10.2. The van der Waals surface area contributed by atoms with Gasteiger partial charge in [0.15, 0.2) is 4.77 Å². The molecule has 2 aromatic heterocycles. The molecule has 0 bridgehead atoms. The number of rotatable bonds is 1. The zero-order valence-electron chi connectivity index (χ0n) is 9.94. The molecule has 19 heavy (non-hydrogen) atoms. The van der Waals surface area contributed by atoms with Gasteiger partial charge in [-0.15, -0.1) is 11.3 Å². The molecule has 1 aromatic carbocycles. The number of halogens is 1. The third-order valence-electron chi connectivity index (χ3n) is 2.92. The van der Waals surface area contributed by atoms with Gasteiger partial charge in [-0.2, -0.15) is 0 Å². The molecular formula is C13H9BrN2OS2. The van der Waals surface area contributed by atoms with Crippen molar-refractivity contribution in [3.8, 4) is 5.69 Å². The van der Waals surface area contributed by atoms with Crippen molar-refractivity contribution in [2.75, 3.05) is 0 Å². The van der Waals surface area contributed by atoms with E-state index in [1.54, 1.807) is 4.57 Å². The first-order chi connectivity index (χ1) is 9.08. The first-order valence-electron chi connectivity index (χ1n) is 5.57. The number of thiophene rings is 1. The van der Waals surface area contributed by atoms with Crippen molar-refractivity contribution in [2.24, 2.45) is 0 Å². The summed E-state index contributed by atoms with van der Waals surface area (Å²) in [4.78, 5) is 15.6. The van der Waals surface area contributed by atoms with E-state index in [1.807, 2.05) is 36.6 Å². The van der Waals surface area contributed by atoms with Crippen LogP contribution in [0.1, 0.15) is 5.56 Å². The molecule has 0 atom stereocenters. The predicted molar refractivity (Wildman–Crippen MR) is 85.0 cm³/mol. The first-order valence-corrected chi connectivity index (χ1v) is 7.65. The number of hydrogen-bond donors (Lipinski definition) is 1. The van der Waals surface area contributed by atoms with Gasteiger partial charge in [-0.05, 0) is 48.3 Å². The molecule has 3 nitrogen and oxygen atoms in total. The molecule has 0 spiro atoms. The van der Waals surface area contributed by atoms with E-state index in [4.69, 9.17) is 12.2 Å². The number of nitrogens with one attached hydrogen (secondary N) is 1. The lowest BCUT2D eigenvalue weighted by molar-refractivity contribution is 0.933. The Morgan fingerprint density at radius 3 is 2.95 bits per heavy atom. The zero-order valence-corrected chi connectivity index (χ0v) is 13.2. The van der Waals surface area contributed by atoms with Gasteiger partial charge in [0.25, 0.3) is 5.56 Å². The Kier molecular flexibility index (Phi) is 3.16. The van der Waals surface area contributed by atoms with Crippen molar-refractivity contribution in [3.05, 3.63) is 54.8 Å². The molecule has 96 valence electrons. The van der Waals surface area contributed by atoms with Crippen LogP contribution < -0.4 is 5.56 Å². The van der Waals surface area contributed by atoms with Crippen LogP contribution in [0.5, 0.6) is 0 Å². The monoisotopic (exact) mass is 352 g/mol. The summed E-state index contributed by atoms with van der Waals surface area (Å²) in [5.41, 5.74) is 2.52. The molecule has 3 aromatic rings. The van der Waals surface area contributed by atoms with Crippen LogP contribution >= 0.6 is 39.5 Å². The molecule has 0 aliphatic carbocycles. The molecule has 0 aliphatic heterocycles.